The fourth-order valence-corrected chi connectivity index (χ4v) is 9.19. The van der Waals surface area contributed by atoms with Crippen molar-refractivity contribution in [2.45, 2.75) is 12.3 Å². The first kappa shape index (κ1) is 26.8. The molecule has 0 saturated carbocycles. The van der Waals surface area contributed by atoms with E-state index >= 15 is 0 Å². The first-order valence-corrected chi connectivity index (χ1v) is 17.1. The topological polar surface area (TPSA) is 13.1 Å². The highest BCUT2D eigenvalue weighted by atomic mass is 16.3. The van der Waals surface area contributed by atoms with Crippen molar-refractivity contribution in [2.24, 2.45) is 0 Å². The van der Waals surface area contributed by atoms with Crippen LogP contribution in [0.15, 0.2) is 168 Å². The Hall–Kier alpha value is -6.18. The van der Waals surface area contributed by atoms with Crippen molar-refractivity contribution in [3.05, 3.63) is 192 Å². The monoisotopic (exact) mass is 622 g/mol. The van der Waals surface area contributed by atoms with Gasteiger partial charge in [0, 0.05) is 16.2 Å². The SMILES string of the molecule is Cc1cccc2oc3c4ccccc4c(-c4ccc(-c5ccc6c(c5)-c5ccccc5C65c6ccccc6-c6ccccc65)cc4)cc3c12. The molecule has 2 aliphatic rings. The van der Waals surface area contributed by atoms with E-state index in [2.05, 4.69) is 171 Å². The van der Waals surface area contributed by atoms with Crippen molar-refractivity contribution in [3.8, 4) is 44.5 Å². The molecule has 1 heteroatoms. The molecule has 0 aliphatic heterocycles. The summed E-state index contributed by atoms with van der Waals surface area (Å²) in [5.41, 5.74) is 18.5. The van der Waals surface area contributed by atoms with Crippen molar-refractivity contribution < 1.29 is 4.42 Å². The first-order chi connectivity index (χ1) is 24.2. The average molecular weight is 623 g/mol. The first-order valence-electron chi connectivity index (χ1n) is 17.1. The van der Waals surface area contributed by atoms with E-state index in [9.17, 15) is 0 Å². The fourth-order valence-electron chi connectivity index (χ4n) is 9.19. The van der Waals surface area contributed by atoms with Crippen molar-refractivity contribution in [3.63, 3.8) is 0 Å². The third kappa shape index (κ3) is 3.44. The second kappa shape index (κ2) is 9.69. The number of rotatable bonds is 2. The van der Waals surface area contributed by atoms with Crippen LogP contribution in [0.25, 0.3) is 77.2 Å². The number of fused-ring (bicyclic) bond motifs is 15. The Morgan fingerprint density at radius 1 is 0.388 bits per heavy atom. The molecule has 228 valence electrons. The largest absolute Gasteiger partial charge is 0.455 e. The molecular weight excluding hydrogens is 593 g/mol. The molecule has 0 radical (unpaired) electrons. The van der Waals surface area contributed by atoms with Gasteiger partial charge in [0.25, 0.3) is 0 Å². The van der Waals surface area contributed by atoms with Crippen LogP contribution in [0.1, 0.15) is 27.8 Å². The molecule has 0 amide bonds. The van der Waals surface area contributed by atoms with Gasteiger partial charge >= 0.3 is 0 Å². The summed E-state index contributed by atoms with van der Waals surface area (Å²) in [4.78, 5) is 0. The van der Waals surface area contributed by atoms with Crippen molar-refractivity contribution in [1.82, 2.24) is 0 Å². The summed E-state index contributed by atoms with van der Waals surface area (Å²) >= 11 is 0. The van der Waals surface area contributed by atoms with Gasteiger partial charge in [-0.3, -0.25) is 0 Å². The standard InChI is InChI=1S/C48H30O/c1-29-11-10-20-45-46(29)40-28-38(33-12-2-3-16-37(33)47(40)49-45)31-23-21-30(22-24-31)32-25-26-44-39(27-32)36-15-6-9-19-43(36)48(44)41-17-7-4-13-34(41)35-14-5-8-18-42(35)48/h2-28H,1H3. The number of hydrogen-bond donors (Lipinski definition) is 0. The molecule has 0 unspecified atom stereocenters. The van der Waals surface area contributed by atoms with Crippen molar-refractivity contribution in [2.75, 3.05) is 0 Å². The molecule has 0 bridgehead atoms. The Labute approximate surface area is 284 Å². The van der Waals surface area contributed by atoms with E-state index in [1.807, 2.05) is 0 Å². The lowest BCUT2D eigenvalue weighted by molar-refractivity contribution is 0.672. The molecular formula is C48H30O. The zero-order valence-electron chi connectivity index (χ0n) is 27.0. The highest BCUT2D eigenvalue weighted by molar-refractivity contribution is 6.19. The summed E-state index contributed by atoms with van der Waals surface area (Å²) in [6.45, 7) is 2.17. The van der Waals surface area contributed by atoms with Crippen molar-refractivity contribution in [1.29, 1.82) is 0 Å². The fraction of sp³-hybridized carbons (Fsp3) is 0.0417. The summed E-state index contributed by atoms with van der Waals surface area (Å²) in [6, 6.07) is 60.5. The molecule has 49 heavy (non-hydrogen) atoms. The van der Waals surface area contributed by atoms with Gasteiger partial charge < -0.3 is 4.42 Å². The molecule has 8 aromatic carbocycles. The van der Waals surface area contributed by atoms with Crippen LogP contribution >= 0.6 is 0 Å². The van der Waals surface area contributed by atoms with E-state index in [4.69, 9.17) is 4.42 Å². The third-order valence-electron chi connectivity index (χ3n) is 11.2. The maximum atomic E-state index is 6.45. The summed E-state index contributed by atoms with van der Waals surface area (Å²) < 4.78 is 6.45. The van der Waals surface area contributed by atoms with Gasteiger partial charge in [0.2, 0.25) is 0 Å². The Morgan fingerprint density at radius 3 is 1.63 bits per heavy atom. The van der Waals surface area contributed by atoms with Crippen LogP contribution < -0.4 is 0 Å². The van der Waals surface area contributed by atoms with Crippen LogP contribution in [0.4, 0.5) is 0 Å². The van der Waals surface area contributed by atoms with Gasteiger partial charge in [-0.15, -0.1) is 0 Å². The molecule has 9 aromatic rings. The van der Waals surface area contributed by atoms with Gasteiger partial charge in [-0.1, -0.05) is 146 Å². The van der Waals surface area contributed by atoms with E-state index in [1.165, 1.54) is 88.5 Å². The molecule has 1 heterocycles. The molecule has 2 aliphatic carbocycles. The molecule has 1 aromatic heterocycles. The molecule has 0 N–H and O–H groups in total. The normalized spacial score (nSPS) is 13.6. The molecule has 0 atom stereocenters. The minimum Gasteiger partial charge on any atom is -0.455 e. The van der Waals surface area contributed by atoms with Gasteiger partial charge in [-0.25, -0.2) is 0 Å². The summed E-state index contributed by atoms with van der Waals surface area (Å²) in [6.07, 6.45) is 0. The van der Waals surface area contributed by atoms with Crippen LogP contribution in [-0.4, -0.2) is 0 Å². The maximum Gasteiger partial charge on any atom is 0.143 e. The van der Waals surface area contributed by atoms with Gasteiger partial charge in [-0.05, 0) is 103 Å². The second-order valence-corrected chi connectivity index (χ2v) is 13.6. The summed E-state index contributed by atoms with van der Waals surface area (Å²) in [7, 11) is 0. The Bertz CT molecular complexity index is 2780. The molecule has 1 spiro atoms. The van der Waals surface area contributed by atoms with E-state index in [0.29, 0.717) is 0 Å². The van der Waals surface area contributed by atoms with E-state index in [-0.39, 0.29) is 5.41 Å². The zero-order chi connectivity index (χ0) is 32.3. The highest BCUT2D eigenvalue weighted by Crippen LogP contribution is 2.63. The number of aryl methyl sites for hydroxylation is 1. The second-order valence-electron chi connectivity index (χ2n) is 13.6. The molecule has 0 fully saturated rings. The quantitative estimate of drug-likeness (QED) is 0.187. The zero-order valence-corrected chi connectivity index (χ0v) is 27.0. The van der Waals surface area contributed by atoms with E-state index in [0.717, 1.165) is 16.6 Å². The van der Waals surface area contributed by atoms with Crippen LogP contribution in [0.5, 0.6) is 0 Å². The average Bonchev–Trinajstić information content (AvgIpc) is 3.79. The smallest absolute Gasteiger partial charge is 0.143 e. The summed E-state index contributed by atoms with van der Waals surface area (Å²) in [5.74, 6) is 0. The summed E-state index contributed by atoms with van der Waals surface area (Å²) in [5, 5.41) is 4.73. The van der Waals surface area contributed by atoms with Gasteiger partial charge in [-0.2, -0.15) is 0 Å². The lowest BCUT2D eigenvalue weighted by Crippen LogP contribution is -2.25. The Kier molecular flexibility index (Phi) is 5.31. The van der Waals surface area contributed by atoms with Crippen LogP contribution in [0, 0.1) is 6.92 Å². The number of hydrogen-bond acceptors (Lipinski definition) is 1. The molecule has 11 rings (SSSR count). The van der Waals surface area contributed by atoms with Crippen LogP contribution in [0.2, 0.25) is 0 Å². The Morgan fingerprint density at radius 2 is 0.939 bits per heavy atom. The number of furan rings is 1. The third-order valence-corrected chi connectivity index (χ3v) is 11.2. The highest BCUT2D eigenvalue weighted by Gasteiger charge is 2.51. The minimum atomic E-state index is -0.309. The maximum absolute atomic E-state index is 6.45. The van der Waals surface area contributed by atoms with Gasteiger partial charge in [0.15, 0.2) is 0 Å². The van der Waals surface area contributed by atoms with Gasteiger partial charge in [0.1, 0.15) is 11.2 Å². The van der Waals surface area contributed by atoms with Crippen LogP contribution in [-0.2, 0) is 5.41 Å². The molecule has 1 nitrogen and oxygen atoms in total. The van der Waals surface area contributed by atoms with Gasteiger partial charge in [0.05, 0.1) is 5.41 Å². The van der Waals surface area contributed by atoms with Crippen LogP contribution in [0.3, 0.4) is 0 Å². The predicted molar refractivity (Wildman–Crippen MR) is 203 cm³/mol. The molecule has 0 saturated heterocycles. The number of benzene rings is 8. The van der Waals surface area contributed by atoms with Crippen molar-refractivity contribution >= 4 is 32.7 Å². The predicted octanol–water partition coefficient (Wildman–Crippen LogP) is 12.7. The van der Waals surface area contributed by atoms with E-state index < -0.39 is 0 Å². The minimum absolute atomic E-state index is 0.309. The Balaban J connectivity index is 1.07. The lowest BCUT2D eigenvalue weighted by atomic mass is 9.70. The van der Waals surface area contributed by atoms with E-state index in [1.54, 1.807) is 0 Å². The lowest BCUT2D eigenvalue weighted by Gasteiger charge is -2.30.